The van der Waals surface area contributed by atoms with E-state index in [2.05, 4.69) is 158 Å². The number of aliphatic hydroxyl groups excluding tert-OH is 4. The SMILES string of the molecule is OCCOc1ccc(-c2cc3c(c(-c4ccc(Sc5ccc(-c6c7c(cc(-c8ccc(OCCO)cc8)c6-c6ccc(OCCO)cc6)-c6ccccc6C7)cc5)cc4)c2-c2ccc(OCCO)cc2)Cc2ccccc2-3)cc1. The summed E-state index contributed by atoms with van der Waals surface area (Å²) in [4.78, 5) is 2.24. The van der Waals surface area contributed by atoms with Gasteiger partial charge in [-0.15, -0.1) is 0 Å². The van der Waals surface area contributed by atoms with Gasteiger partial charge in [-0.05, 0) is 209 Å². The van der Waals surface area contributed by atoms with Gasteiger partial charge < -0.3 is 39.4 Å². The van der Waals surface area contributed by atoms with Crippen molar-refractivity contribution in [3.05, 3.63) is 229 Å². The lowest BCUT2D eigenvalue weighted by molar-refractivity contribution is 0.201. The molecule has 0 bridgehead atoms. The summed E-state index contributed by atoms with van der Waals surface area (Å²) in [5.41, 5.74) is 23.3. The van der Waals surface area contributed by atoms with Crippen molar-refractivity contribution in [3.8, 4) is 112 Å². The molecule has 0 atom stereocenters. The third-order valence-electron chi connectivity index (χ3n) is 14.8. The predicted octanol–water partition coefficient (Wildman–Crippen LogP) is 14.5. The van der Waals surface area contributed by atoms with Crippen molar-refractivity contribution in [2.75, 3.05) is 52.9 Å². The molecule has 0 aromatic heterocycles. The van der Waals surface area contributed by atoms with Crippen LogP contribution in [0, 0.1) is 0 Å². The van der Waals surface area contributed by atoms with Gasteiger partial charge in [-0.1, -0.05) is 133 Å². The molecule has 79 heavy (non-hydrogen) atoms. The van der Waals surface area contributed by atoms with E-state index in [1.807, 2.05) is 48.5 Å². The number of hydrogen-bond acceptors (Lipinski definition) is 9. The molecule has 0 fully saturated rings. The van der Waals surface area contributed by atoms with Gasteiger partial charge in [0, 0.05) is 9.79 Å². The van der Waals surface area contributed by atoms with Gasteiger partial charge in [0.2, 0.25) is 0 Å². The summed E-state index contributed by atoms with van der Waals surface area (Å²) in [6, 6.07) is 72.7. The Hall–Kier alpha value is -8.41. The summed E-state index contributed by atoms with van der Waals surface area (Å²) < 4.78 is 23.2. The maximum absolute atomic E-state index is 9.50. The van der Waals surface area contributed by atoms with Crippen molar-refractivity contribution in [2.45, 2.75) is 22.6 Å². The van der Waals surface area contributed by atoms with E-state index in [1.54, 1.807) is 11.8 Å². The van der Waals surface area contributed by atoms with Gasteiger partial charge in [-0.2, -0.15) is 0 Å². The molecule has 0 amide bonds. The van der Waals surface area contributed by atoms with Crippen LogP contribution in [0.25, 0.3) is 89.0 Å². The highest BCUT2D eigenvalue weighted by atomic mass is 32.2. The first kappa shape index (κ1) is 51.4. The average Bonchev–Trinajstić information content (AvgIpc) is 4.30. The second-order valence-corrected chi connectivity index (χ2v) is 20.8. The average molecular weight is 1060 g/mol. The summed E-state index contributed by atoms with van der Waals surface area (Å²) in [7, 11) is 0. The van der Waals surface area contributed by atoms with Gasteiger partial charge in [-0.3, -0.25) is 0 Å². The molecule has 9 heteroatoms. The minimum atomic E-state index is -0.0622. The number of fused-ring (bicyclic) bond motifs is 6. The van der Waals surface area contributed by atoms with Gasteiger partial charge in [0.15, 0.2) is 0 Å². The topological polar surface area (TPSA) is 118 Å². The second kappa shape index (κ2) is 23.3. The molecule has 0 unspecified atom stereocenters. The van der Waals surface area contributed by atoms with Crippen molar-refractivity contribution in [3.63, 3.8) is 0 Å². The molecule has 4 N–H and O–H groups in total. The molecule has 10 aromatic rings. The van der Waals surface area contributed by atoms with Crippen molar-refractivity contribution in [1.82, 2.24) is 0 Å². The molecule has 2 aliphatic carbocycles. The van der Waals surface area contributed by atoms with Crippen molar-refractivity contribution in [2.24, 2.45) is 0 Å². The maximum Gasteiger partial charge on any atom is 0.119 e. The smallest absolute Gasteiger partial charge is 0.119 e. The number of ether oxygens (including phenoxy) is 4. The van der Waals surface area contributed by atoms with Crippen LogP contribution in [0.3, 0.4) is 0 Å². The van der Waals surface area contributed by atoms with E-state index in [4.69, 9.17) is 18.9 Å². The van der Waals surface area contributed by atoms with Crippen LogP contribution in [-0.4, -0.2) is 73.3 Å². The zero-order chi connectivity index (χ0) is 53.7. The van der Waals surface area contributed by atoms with Crippen LogP contribution < -0.4 is 18.9 Å². The Bertz CT molecular complexity index is 3510. The zero-order valence-corrected chi connectivity index (χ0v) is 44.3. The van der Waals surface area contributed by atoms with Gasteiger partial charge in [-0.25, -0.2) is 0 Å². The normalized spacial score (nSPS) is 11.9. The first-order chi connectivity index (χ1) is 39.0. The minimum absolute atomic E-state index is 0.0577. The van der Waals surface area contributed by atoms with Crippen LogP contribution in [0.4, 0.5) is 0 Å². The van der Waals surface area contributed by atoms with Crippen LogP contribution in [0.5, 0.6) is 23.0 Å². The van der Waals surface area contributed by atoms with E-state index in [0.717, 1.165) is 78.3 Å². The Balaban J connectivity index is 0.932. The third-order valence-corrected chi connectivity index (χ3v) is 15.8. The van der Waals surface area contributed by atoms with Gasteiger partial charge >= 0.3 is 0 Å². The molecule has 392 valence electrons. The Morgan fingerprint density at radius 2 is 0.582 bits per heavy atom. The summed E-state index contributed by atoms with van der Waals surface area (Å²) in [5.74, 6) is 2.79. The molecule has 2 aliphatic rings. The molecule has 10 aromatic carbocycles. The van der Waals surface area contributed by atoms with Crippen LogP contribution in [0.15, 0.2) is 216 Å². The lowest BCUT2D eigenvalue weighted by Crippen LogP contribution is -2.02. The standard InChI is InChI=1S/C70H58O8S/c71-33-37-75-53-21-9-45(10-22-53)61-43-63-59-7-3-1-5-51(59)41-65(63)69(67(61)47-13-25-55(26-14-47)77-39-35-73)49-17-29-57(30-18-49)79-58-31-19-50(20-32-58)70-66-42-52-6-2-4-8-60(52)64(66)44-62(46-11-23-54(24-12-46)76-38-34-72)68(70)48-15-27-56(28-16-48)78-40-36-74/h1-32,43-44,71-74H,33-42H2. The third kappa shape index (κ3) is 10.6. The van der Waals surface area contributed by atoms with E-state index in [0.29, 0.717) is 23.0 Å². The zero-order valence-electron chi connectivity index (χ0n) is 43.5. The molecule has 0 spiro atoms. The molecule has 12 rings (SSSR count). The molecule has 0 aliphatic heterocycles. The molecular weight excluding hydrogens is 1000 g/mol. The Labute approximate surface area is 464 Å². The second-order valence-electron chi connectivity index (χ2n) is 19.6. The maximum atomic E-state index is 9.50. The van der Waals surface area contributed by atoms with E-state index in [-0.39, 0.29) is 52.9 Å². The fraction of sp³-hybridized carbons (Fsp3) is 0.143. The van der Waals surface area contributed by atoms with Crippen molar-refractivity contribution >= 4 is 11.8 Å². The van der Waals surface area contributed by atoms with Gasteiger partial charge in [0.1, 0.15) is 49.4 Å². The molecule has 0 heterocycles. The van der Waals surface area contributed by atoms with E-state index >= 15 is 0 Å². The molecular formula is C70H58O8S. The highest BCUT2D eigenvalue weighted by Crippen LogP contribution is 2.53. The fourth-order valence-corrected chi connectivity index (χ4v) is 12.1. The Kier molecular flexibility index (Phi) is 15.1. The number of hydrogen-bond donors (Lipinski definition) is 4. The number of aliphatic hydroxyl groups is 4. The summed E-state index contributed by atoms with van der Waals surface area (Å²) >= 11 is 1.74. The number of rotatable bonds is 20. The number of benzene rings is 10. The van der Waals surface area contributed by atoms with Crippen molar-refractivity contribution < 1.29 is 39.4 Å². The highest BCUT2D eigenvalue weighted by Gasteiger charge is 2.30. The Morgan fingerprint density at radius 1 is 0.291 bits per heavy atom. The summed E-state index contributed by atoms with van der Waals surface area (Å²) in [6.45, 7) is 0.650. The van der Waals surface area contributed by atoms with E-state index < -0.39 is 0 Å². The molecule has 8 nitrogen and oxygen atoms in total. The quantitative estimate of drug-likeness (QED) is 0.0592. The van der Waals surface area contributed by atoms with Gasteiger partial charge in [0.05, 0.1) is 26.4 Å². The van der Waals surface area contributed by atoms with Gasteiger partial charge in [0.25, 0.3) is 0 Å². The molecule has 0 radical (unpaired) electrons. The largest absolute Gasteiger partial charge is 0.491 e. The lowest BCUT2D eigenvalue weighted by Gasteiger charge is -2.22. The first-order valence-electron chi connectivity index (χ1n) is 26.8. The minimum Gasteiger partial charge on any atom is -0.491 e. The van der Waals surface area contributed by atoms with Crippen molar-refractivity contribution in [1.29, 1.82) is 0 Å². The molecule has 0 saturated carbocycles. The van der Waals surface area contributed by atoms with Crippen LogP contribution in [-0.2, 0) is 12.8 Å². The molecule has 0 saturated heterocycles. The summed E-state index contributed by atoms with van der Waals surface area (Å²) in [5, 5.41) is 37.9. The Morgan fingerprint density at radius 3 is 0.911 bits per heavy atom. The summed E-state index contributed by atoms with van der Waals surface area (Å²) in [6.07, 6.45) is 1.61. The fourth-order valence-electron chi connectivity index (χ4n) is 11.3. The monoisotopic (exact) mass is 1060 g/mol. The lowest BCUT2D eigenvalue weighted by atomic mass is 9.82. The van der Waals surface area contributed by atoms with E-state index in [9.17, 15) is 20.4 Å². The predicted molar refractivity (Wildman–Crippen MR) is 316 cm³/mol. The van der Waals surface area contributed by atoms with Crippen LogP contribution in [0.2, 0.25) is 0 Å². The first-order valence-corrected chi connectivity index (χ1v) is 27.6. The van der Waals surface area contributed by atoms with Crippen LogP contribution in [0.1, 0.15) is 22.3 Å². The highest BCUT2D eigenvalue weighted by molar-refractivity contribution is 7.99. The van der Waals surface area contributed by atoms with E-state index in [1.165, 1.54) is 55.6 Å². The van der Waals surface area contributed by atoms with Crippen LogP contribution >= 0.6 is 11.8 Å².